The molecule has 0 fully saturated rings. The molecule has 1 amide bonds. The maximum atomic E-state index is 12.2. The van der Waals surface area contributed by atoms with Gasteiger partial charge in [-0.05, 0) is 24.6 Å². The fourth-order valence-corrected chi connectivity index (χ4v) is 3.52. The highest BCUT2D eigenvalue weighted by Crippen LogP contribution is 2.34. The van der Waals surface area contributed by atoms with E-state index in [2.05, 4.69) is 10.6 Å². The minimum atomic E-state index is -0.650. The second-order valence-electron chi connectivity index (χ2n) is 5.13. The minimum Gasteiger partial charge on any atom is -0.465 e. The van der Waals surface area contributed by atoms with Gasteiger partial charge in [-0.25, -0.2) is 9.59 Å². The number of amides is 1. The molecule has 9 heteroatoms. The second kappa shape index (κ2) is 8.68. The van der Waals surface area contributed by atoms with E-state index in [1.165, 1.54) is 14.2 Å². The van der Waals surface area contributed by atoms with Gasteiger partial charge < -0.3 is 20.1 Å². The molecule has 1 aromatic carbocycles. The molecule has 2 N–H and O–H groups in total. The van der Waals surface area contributed by atoms with E-state index in [0.29, 0.717) is 16.3 Å². The Morgan fingerprint density at radius 2 is 1.77 bits per heavy atom. The van der Waals surface area contributed by atoms with Gasteiger partial charge in [0.25, 0.3) is 0 Å². The molecular weight excluding hydrogens is 380 g/mol. The topological polar surface area (TPSA) is 93.7 Å². The Morgan fingerprint density at radius 3 is 2.38 bits per heavy atom. The highest BCUT2D eigenvalue weighted by molar-refractivity contribution is 7.18. The number of anilines is 2. The van der Waals surface area contributed by atoms with Gasteiger partial charge in [0, 0.05) is 0 Å². The Bertz CT molecular complexity index is 850. The number of hydrogen-bond donors (Lipinski definition) is 2. The number of thiophene rings is 1. The summed E-state index contributed by atoms with van der Waals surface area (Å²) in [5, 5.41) is 6.23. The number of esters is 2. The van der Waals surface area contributed by atoms with Crippen LogP contribution in [0, 0.1) is 6.92 Å². The molecule has 1 aromatic heterocycles. The second-order valence-corrected chi connectivity index (χ2v) is 6.55. The SMILES string of the molecule is COC(=O)c1sc(NC(=O)CNc2ccccc2Cl)c(C(=O)OC)c1C. The summed E-state index contributed by atoms with van der Waals surface area (Å²) >= 11 is 6.98. The predicted molar refractivity (Wildman–Crippen MR) is 100 cm³/mol. The fraction of sp³-hybridized carbons (Fsp3) is 0.235. The molecule has 0 atom stereocenters. The van der Waals surface area contributed by atoms with Gasteiger partial charge in [-0.3, -0.25) is 4.79 Å². The van der Waals surface area contributed by atoms with E-state index in [9.17, 15) is 14.4 Å². The summed E-state index contributed by atoms with van der Waals surface area (Å²) in [7, 11) is 2.47. The summed E-state index contributed by atoms with van der Waals surface area (Å²) in [6.07, 6.45) is 0. The molecule has 2 rings (SSSR count). The van der Waals surface area contributed by atoms with Crippen molar-refractivity contribution < 1.29 is 23.9 Å². The first-order valence-corrected chi connectivity index (χ1v) is 8.66. The highest BCUT2D eigenvalue weighted by Gasteiger charge is 2.26. The number of para-hydroxylation sites is 1. The smallest absolute Gasteiger partial charge is 0.348 e. The van der Waals surface area contributed by atoms with Crippen molar-refractivity contribution in [2.75, 3.05) is 31.4 Å². The average Bonchev–Trinajstić information content (AvgIpc) is 2.95. The van der Waals surface area contributed by atoms with Crippen molar-refractivity contribution in [2.45, 2.75) is 6.92 Å². The number of ether oxygens (including phenoxy) is 2. The van der Waals surface area contributed by atoms with Gasteiger partial charge in [0.1, 0.15) is 9.88 Å². The zero-order valence-corrected chi connectivity index (χ0v) is 15.9. The number of carbonyl (C=O) groups excluding carboxylic acids is 3. The molecule has 0 saturated carbocycles. The summed E-state index contributed by atoms with van der Waals surface area (Å²) in [5.74, 6) is -1.65. The minimum absolute atomic E-state index is 0.0746. The fourth-order valence-electron chi connectivity index (χ4n) is 2.19. The van der Waals surface area contributed by atoms with E-state index in [0.717, 1.165) is 11.3 Å². The monoisotopic (exact) mass is 396 g/mol. The van der Waals surface area contributed by atoms with Crippen molar-refractivity contribution >= 4 is 51.5 Å². The molecule has 2 aromatic rings. The van der Waals surface area contributed by atoms with E-state index >= 15 is 0 Å². The van der Waals surface area contributed by atoms with Crippen LogP contribution in [0.5, 0.6) is 0 Å². The van der Waals surface area contributed by atoms with Gasteiger partial charge in [0.05, 0.1) is 37.0 Å². The Labute approximate surface area is 159 Å². The number of rotatable bonds is 6. The van der Waals surface area contributed by atoms with Crippen molar-refractivity contribution in [2.24, 2.45) is 0 Å². The summed E-state index contributed by atoms with van der Waals surface area (Å²) in [5.41, 5.74) is 1.13. The molecule has 0 saturated heterocycles. The first-order valence-electron chi connectivity index (χ1n) is 7.47. The summed E-state index contributed by atoms with van der Waals surface area (Å²) in [6.45, 7) is 1.52. The van der Waals surface area contributed by atoms with E-state index in [1.807, 2.05) is 0 Å². The molecule has 0 aliphatic heterocycles. The maximum Gasteiger partial charge on any atom is 0.348 e. The van der Waals surface area contributed by atoms with Crippen LogP contribution >= 0.6 is 22.9 Å². The molecule has 0 spiro atoms. The zero-order chi connectivity index (χ0) is 19.3. The number of methoxy groups -OCH3 is 2. The molecule has 26 heavy (non-hydrogen) atoms. The van der Waals surface area contributed by atoms with Crippen LogP contribution in [0.15, 0.2) is 24.3 Å². The molecule has 7 nitrogen and oxygen atoms in total. The Morgan fingerprint density at radius 1 is 1.12 bits per heavy atom. The summed E-state index contributed by atoms with van der Waals surface area (Å²) in [4.78, 5) is 36.3. The third-order valence-corrected chi connectivity index (χ3v) is 4.99. The van der Waals surface area contributed by atoms with Crippen molar-refractivity contribution in [3.8, 4) is 0 Å². The van der Waals surface area contributed by atoms with Crippen LogP contribution in [0.2, 0.25) is 5.02 Å². The standard InChI is InChI=1S/C17H17ClN2O5S/c1-9-13(16(22)24-2)15(26-14(9)17(23)25-3)20-12(21)8-19-11-7-5-4-6-10(11)18/h4-7,19H,8H2,1-3H3,(H,20,21). The van der Waals surface area contributed by atoms with E-state index in [1.54, 1.807) is 31.2 Å². The molecule has 0 aliphatic carbocycles. The van der Waals surface area contributed by atoms with Crippen LogP contribution in [-0.4, -0.2) is 38.6 Å². The van der Waals surface area contributed by atoms with Crippen LogP contribution in [0.25, 0.3) is 0 Å². The van der Waals surface area contributed by atoms with E-state index in [4.69, 9.17) is 21.1 Å². The molecule has 0 unspecified atom stereocenters. The van der Waals surface area contributed by atoms with Crippen molar-refractivity contribution in [3.63, 3.8) is 0 Å². The first kappa shape index (κ1) is 19.7. The lowest BCUT2D eigenvalue weighted by Crippen LogP contribution is -2.22. The van der Waals surface area contributed by atoms with Crippen LogP contribution in [-0.2, 0) is 14.3 Å². The third kappa shape index (κ3) is 4.33. The molecule has 0 aliphatic rings. The molecule has 1 heterocycles. The maximum absolute atomic E-state index is 12.2. The van der Waals surface area contributed by atoms with Gasteiger partial charge in [-0.15, -0.1) is 11.3 Å². The molecular formula is C17H17ClN2O5S. The van der Waals surface area contributed by atoms with Gasteiger partial charge in [-0.2, -0.15) is 0 Å². The largest absolute Gasteiger partial charge is 0.465 e. The number of nitrogens with one attached hydrogen (secondary N) is 2. The van der Waals surface area contributed by atoms with E-state index < -0.39 is 17.8 Å². The quantitative estimate of drug-likeness (QED) is 0.727. The number of hydrogen-bond acceptors (Lipinski definition) is 7. The van der Waals surface area contributed by atoms with Crippen LogP contribution in [0.1, 0.15) is 25.6 Å². The lowest BCUT2D eigenvalue weighted by Gasteiger charge is -2.09. The van der Waals surface area contributed by atoms with Crippen LogP contribution in [0.4, 0.5) is 10.7 Å². The predicted octanol–water partition coefficient (Wildman–Crippen LogP) is 3.33. The lowest BCUT2D eigenvalue weighted by molar-refractivity contribution is -0.114. The highest BCUT2D eigenvalue weighted by atomic mass is 35.5. The van der Waals surface area contributed by atoms with Gasteiger partial charge in [0.2, 0.25) is 5.91 Å². The number of carbonyl (C=O) groups is 3. The van der Waals surface area contributed by atoms with Crippen LogP contribution in [0.3, 0.4) is 0 Å². The summed E-state index contributed by atoms with van der Waals surface area (Å²) < 4.78 is 9.44. The number of benzene rings is 1. The Kier molecular flexibility index (Phi) is 6.59. The Balaban J connectivity index is 2.19. The average molecular weight is 397 g/mol. The lowest BCUT2D eigenvalue weighted by atomic mass is 10.1. The molecule has 0 radical (unpaired) electrons. The van der Waals surface area contributed by atoms with Crippen molar-refractivity contribution in [1.82, 2.24) is 0 Å². The zero-order valence-electron chi connectivity index (χ0n) is 14.3. The third-order valence-electron chi connectivity index (χ3n) is 3.47. The van der Waals surface area contributed by atoms with Crippen molar-refractivity contribution in [1.29, 1.82) is 0 Å². The first-order chi connectivity index (χ1) is 12.4. The van der Waals surface area contributed by atoms with Crippen LogP contribution < -0.4 is 10.6 Å². The van der Waals surface area contributed by atoms with Gasteiger partial charge >= 0.3 is 11.9 Å². The Hall–Kier alpha value is -2.58. The normalized spacial score (nSPS) is 10.2. The number of halogens is 1. The van der Waals surface area contributed by atoms with Gasteiger partial charge in [-0.1, -0.05) is 23.7 Å². The summed E-state index contributed by atoms with van der Waals surface area (Å²) in [6, 6.07) is 6.99. The van der Waals surface area contributed by atoms with E-state index in [-0.39, 0.29) is 22.0 Å². The molecule has 138 valence electrons. The van der Waals surface area contributed by atoms with Crippen molar-refractivity contribution in [3.05, 3.63) is 45.3 Å². The molecule has 0 bridgehead atoms. The van der Waals surface area contributed by atoms with Gasteiger partial charge in [0.15, 0.2) is 0 Å².